The van der Waals surface area contributed by atoms with E-state index in [1.165, 1.54) is 11.1 Å². The highest BCUT2D eigenvalue weighted by Gasteiger charge is 2.18. The fourth-order valence-corrected chi connectivity index (χ4v) is 1.45. The number of anilines is 1. The standard InChI is InChI=1S/C12H13N5O/c1-2-16-11-3-6-15-9-10(11)12(18)17(7-4-13)8-5-14/h3,6,9H,2,7-8H2,1H3,(H,15,16). The van der Waals surface area contributed by atoms with Crippen molar-refractivity contribution in [2.45, 2.75) is 6.92 Å². The minimum absolute atomic E-state index is 0.118. The summed E-state index contributed by atoms with van der Waals surface area (Å²) in [7, 11) is 0. The van der Waals surface area contributed by atoms with Crippen LogP contribution >= 0.6 is 0 Å². The molecule has 0 aliphatic rings. The molecule has 1 heterocycles. The van der Waals surface area contributed by atoms with Crippen molar-refractivity contribution in [2.75, 3.05) is 25.0 Å². The number of carbonyl (C=O) groups excluding carboxylic acids is 1. The van der Waals surface area contributed by atoms with Crippen molar-refractivity contribution in [1.29, 1.82) is 10.5 Å². The Kier molecular flexibility index (Phi) is 5.14. The van der Waals surface area contributed by atoms with Crippen LogP contribution in [0.2, 0.25) is 0 Å². The summed E-state index contributed by atoms with van der Waals surface area (Å²) in [5, 5.41) is 20.3. The minimum atomic E-state index is -0.373. The van der Waals surface area contributed by atoms with Crippen LogP contribution in [0.5, 0.6) is 0 Å². The van der Waals surface area contributed by atoms with Crippen molar-refractivity contribution in [2.24, 2.45) is 0 Å². The summed E-state index contributed by atoms with van der Waals surface area (Å²) in [4.78, 5) is 17.2. The molecule has 6 nitrogen and oxygen atoms in total. The molecule has 18 heavy (non-hydrogen) atoms. The molecular weight excluding hydrogens is 230 g/mol. The maximum Gasteiger partial charge on any atom is 0.259 e. The van der Waals surface area contributed by atoms with Crippen LogP contribution in [-0.2, 0) is 0 Å². The third kappa shape index (κ3) is 3.19. The first-order chi connectivity index (χ1) is 8.74. The molecule has 1 amide bonds. The zero-order valence-corrected chi connectivity index (χ0v) is 10.1. The highest BCUT2D eigenvalue weighted by Crippen LogP contribution is 2.15. The molecule has 0 radical (unpaired) electrons. The number of nitrogens with zero attached hydrogens (tertiary/aromatic N) is 4. The summed E-state index contributed by atoms with van der Waals surface area (Å²) in [6.07, 6.45) is 3.01. The normalized spacial score (nSPS) is 9.06. The molecule has 92 valence electrons. The average molecular weight is 243 g/mol. The molecular formula is C12H13N5O. The highest BCUT2D eigenvalue weighted by atomic mass is 16.2. The third-order valence-electron chi connectivity index (χ3n) is 2.23. The van der Waals surface area contributed by atoms with Gasteiger partial charge < -0.3 is 10.2 Å². The first-order valence-corrected chi connectivity index (χ1v) is 5.45. The van der Waals surface area contributed by atoms with Gasteiger partial charge in [0.15, 0.2) is 0 Å². The molecule has 0 saturated carbocycles. The highest BCUT2D eigenvalue weighted by molar-refractivity contribution is 5.99. The van der Waals surface area contributed by atoms with E-state index in [0.29, 0.717) is 17.8 Å². The SMILES string of the molecule is CCNc1ccncc1C(=O)N(CC#N)CC#N. The molecule has 0 atom stereocenters. The molecule has 0 aromatic carbocycles. The van der Waals surface area contributed by atoms with Crippen LogP contribution in [0.4, 0.5) is 5.69 Å². The van der Waals surface area contributed by atoms with Crippen molar-refractivity contribution in [3.63, 3.8) is 0 Å². The van der Waals surface area contributed by atoms with Gasteiger partial charge in [0.1, 0.15) is 13.1 Å². The van der Waals surface area contributed by atoms with Gasteiger partial charge in [0.25, 0.3) is 5.91 Å². The van der Waals surface area contributed by atoms with Crippen molar-refractivity contribution in [1.82, 2.24) is 9.88 Å². The van der Waals surface area contributed by atoms with Gasteiger partial charge in [-0.05, 0) is 13.0 Å². The van der Waals surface area contributed by atoms with E-state index >= 15 is 0 Å². The number of aromatic nitrogens is 1. The smallest absolute Gasteiger partial charge is 0.259 e. The first-order valence-electron chi connectivity index (χ1n) is 5.45. The fourth-order valence-electron chi connectivity index (χ4n) is 1.45. The molecule has 6 heteroatoms. The van der Waals surface area contributed by atoms with Crippen LogP contribution in [0.1, 0.15) is 17.3 Å². The fraction of sp³-hybridized carbons (Fsp3) is 0.333. The monoisotopic (exact) mass is 243 g/mol. The van der Waals surface area contributed by atoms with Crippen LogP contribution < -0.4 is 5.32 Å². The maximum atomic E-state index is 12.2. The minimum Gasteiger partial charge on any atom is -0.385 e. The van der Waals surface area contributed by atoms with E-state index in [9.17, 15) is 4.79 Å². The van der Waals surface area contributed by atoms with Crippen molar-refractivity contribution < 1.29 is 4.79 Å². The predicted molar refractivity (Wildman–Crippen MR) is 65.5 cm³/mol. The van der Waals surface area contributed by atoms with Gasteiger partial charge in [0.05, 0.1) is 23.4 Å². The summed E-state index contributed by atoms with van der Waals surface area (Å²) in [5.74, 6) is -0.373. The number of carbonyl (C=O) groups is 1. The lowest BCUT2D eigenvalue weighted by atomic mass is 10.2. The summed E-state index contributed by atoms with van der Waals surface area (Å²) in [5.41, 5.74) is 1.02. The average Bonchev–Trinajstić information content (AvgIpc) is 2.39. The molecule has 0 aliphatic carbocycles. The lowest BCUT2D eigenvalue weighted by Gasteiger charge is -2.17. The molecule has 1 aromatic heterocycles. The molecule has 0 unspecified atom stereocenters. The molecule has 0 aliphatic heterocycles. The predicted octanol–water partition coefficient (Wildman–Crippen LogP) is 1.00. The lowest BCUT2D eigenvalue weighted by molar-refractivity contribution is 0.0795. The third-order valence-corrected chi connectivity index (χ3v) is 2.23. The molecule has 1 aromatic rings. The van der Waals surface area contributed by atoms with E-state index in [4.69, 9.17) is 10.5 Å². The van der Waals surface area contributed by atoms with Crippen molar-refractivity contribution in [3.05, 3.63) is 24.0 Å². The molecule has 0 saturated heterocycles. The summed E-state index contributed by atoms with van der Waals surface area (Å²) in [6.45, 7) is 2.34. The van der Waals surface area contributed by atoms with Crippen molar-refractivity contribution >= 4 is 11.6 Å². The number of nitriles is 2. The van der Waals surface area contributed by atoms with Crippen LogP contribution in [0.15, 0.2) is 18.5 Å². The van der Waals surface area contributed by atoms with Gasteiger partial charge in [-0.2, -0.15) is 10.5 Å². The number of hydrogen-bond acceptors (Lipinski definition) is 5. The number of pyridine rings is 1. The Bertz CT molecular complexity index is 484. The van der Waals surface area contributed by atoms with E-state index in [-0.39, 0.29) is 19.0 Å². The molecule has 1 rings (SSSR count). The Morgan fingerprint density at radius 1 is 1.44 bits per heavy atom. The van der Waals surface area contributed by atoms with Crippen molar-refractivity contribution in [3.8, 4) is 12.1 Å². The van der Waals surface area contributed by atoms with Gasteiger partial charge in [-0.25, -0.2) is 0 Å². The van der Waals surface area contributed by atoms with Crippen LogP contribution in [0, 0.1) is 22.7 Å². The van der Waals surface area contributed by atoms with Gasteiger partial charge >= 0.3 is 0 Å². The number of rotatable bonds is 5. The summed E-state index contributed by atoms with van der Waals surface area (Å²) < 4.78 is 0. The molecule has 0 spiro atoms. The Balaban J connectivity index is 3.01. The second kappa shape index (κ2) is 6.87. The molecule has 0 bridgehead atoms. The van der Waals surface area contributed by atoms with Crippen LogP contribution in [0.3, 0.4) is 0 Å². The first kappa shape index (κ1) is 13.5. The molecule has 1 N–H and O–H groups in total. The lowest BCUT2D eigenvalue weighted by Crippen LogP contribution is -2.32. The van der Waals surface area contributed by atoms with E-state index in [2.05, 4.69) is 10.3 Å². The van der Waals surface area contributed by atoms with E-state index in [1.807, 2.05) is 19.1 Å². The Morgan fingerprint density at radius 3 is 2.67 bits per heavy atom. The number of hydrogen-bond donors (Lipinski definition) is 1. The van der Waals surface area contributed by atoms with E-state index in [0.717, 1.165) is 0 Å². The Labute approximate surface area is 105 Å². The quantitative estimate of drug-likeness (QED) is 0.779. The van der Waals surface area contributed by atoms with Gasteiger partial charge in [-0.15, -0.1) is 0 Å². The molecule has 0 fully saturated rings. The van der Waals surface area contributed by atoms with E-state index < -0.39 is 0 Å². The Hall–Kier alpha value is -2.60. The van der Waals surface area contributed by atoms with Crippen LogP contribution in [-0.4, -0.2) is 35.4 Å². The van der Waals surface area contributed by atoms with Crippen LogP contribution in [0.25, 0.3) is 0 Å². The van der Waals surface area contributed by atoms with Gasteiger partial charge in [-0.3, -0.25) is 9.78 Å². The van der Waals surface area contributed by atoms with E-state index in [1.54, 1.807) is 12.3 Å². The van der Waals surface area contributed by atoms with Gasteiger partial charge in [0.2, 0.25) is 0 Å². The zero-order valence-electron chi connectivity index (χ0n) is 10.1. The largest absolute Gasteiger partial charge is 0.385 e. The zero-order chi connectivity index (χ0) is 13.4. The van der Waals surface area contributed by atoms with Gasteiger partial charge in [-0.1, -0.05) is 0 Å². The summed E-state index contributed by atoms with van der Waals surface area (Å²) >= 11 is 0. The summed E-state index contributed by atoms with van der Waals surface area (Å²) in [6, 6.07) is 5.42. The second-order valence-corrected chi connectivity index (χ2v) is 3.43. The number of nitrogens with one attached hydrogen (secondary N) is 1. The Morgan fingerprint density at radius 2 is 2.11 bits per heavy atom. The number of amides is 1. The maximum absolute atomic E-state index is 12.2. The van der Waals surface area contributed by atoms with Gasteiger partial charge in [0, 0.05) is 18.9 Å². The second-order valence-electron chi connectivity index (χ2n) is 3.43. The topological polar surface area (TPSA) is 92.8 Å².